The predicted octanol–water partition coefficient (Wildman–Crippen LogP) is 3.28. The number of amides is 2. The third-order valence-electron chi connectivity index (χ3n) is 7.63. The summed E-state index contributed by atoms with van der Waals surface area (Å²) in [5, 5.41) is 24.3. The molecule has 0 bridgehead atoms. The molecule has 1 saturated heterocycles. The molecule has 2 aliphatic heterocycles. The van der Waals surface area contributed by atoms with Gasteiger partial charge in [-0.05, 0) is 38.3 Å². The molecule has 2 aromatic rings. The van der Waals surface area contributed by atoms with E-state index in [-0.39, 0.29) is 35.5 Å². The van der Waals surface area contributed by atoms with E-state index in [1.165, 1.54) is 12.3 Å². The standard InChI is InChI=1S/C29H31F2N3O5/c1-17(2)33-16-29(11-21(12-29)39-15-18-6-4-3-5-7-18)34-14-22(25(35)26(36)24(34)28(33)38)27(37)32-13-19-8-9-20(30)10-23(19)31/h3-10,14,17,21,25,35-36H,11-13,15-16H2,1-2H3,(H,32,37). The Bertz CT molecular complexity index is 1340. The molecule has 2 amide bonds. The maximum Gasteiger partial charge on any atom is 0.274 e. The van der Waals surface area contributed by atoms with Crippen LogP contribution in [0, 0.1) is 11.6 Å². The number of hydrogen-bond donors (Lipinski definition) is 3. The van der Waals surface area contributed by atoms with Gasteiger partial charge in [-0.25, -0.2) is 8.78 Å². The molecule has 2 fully saturated rings. The van der Waals surface area contributed by atoms with Gasteiger partial charge in [0.05, 0.1) is 23.8 Å². The number of nitrogens with zero attached hydrogens (tertiary/aromatic N) is 2. The fourth-order valence-electron chi connectivity index (χ4n) is 5.42. The third-order valence-corrected chi connectivity index (χ3v) is 7.63. The molecule has 3 aliphatic rings. The van der Waals surface area contributed by atoms with Crippen LogP contribution in [0.4, 0.5) is 8.78 Å². The lowest BCUT2D eigenvalue weighted by molar-refractivity contribution is -0.154. The topological polar surface area (TPSA) is 102 Å². The van der Waals surface area contributed by atoms with Crippen LogP contribution in [-0.4, -0.2) is 62.2 Å². The minimum absolute atomic E-state index is 0.0608. The number of benzene rings is 2. The van der Waals surface area contributed by atoms with E-state index in [4.69, 9.17) is 4.74 Å². The van der Waals surface area contributed by atoms with E-state index in [0.29, 0.717) is 32.1 Å². The van der Waals surface area contributed by atoms with E-state index in [9.17, 15) is 28.6 Å². The molecule has 2 aromatic carbocycles. The number of carbonyl (C=O) groups excluding carboxylic acids is 2. The van der Waals surface area contributed by atoms with Gasteiger partial charge in [0.25, 0.3) is 11.8 Å². The zero-order valence-electron chi connectivity index (χ0n) is 21.7. The van der Waals surface area contributed by atoms with Crippen LogP contribution in [0.1, 0.15) is 37.8 Å². The van der Waals surface area contributed by atoms with Gasteiger partial charge in [0.15, 0.2) is 5.76 Å². The number of ether oxygens (including phenoxy) is 1. The van der Waals surface area contributed by atoms with Crippen LogP contribution in [0.3, 0.4) is 0 Å². The Balaban J connectivity index is 1.38. The average molecular weight is 540 g/mol. The Kier molecular flexibility index (Phi) is 7.17. The lowest BCUT2D eigenvalue weighted by atomic mass is 9.70. The van der Waals surface area contributed by atoms with Crippen LogP contribution in [-0.2, 0) is 27.5 Å². The first-order valence-corrected chi connectivity index (χ1v) is 12.9. The van der Waals surface area contributed by atoms with Crippen molar-refractivity contribution in [2.45, 2.75) is 63.6 Å². The highest BCUT2D eigenvalue weighted by atomic mass is 19.1. The zero-order valence-corrected chi connectivity index (χ0v) is 21.7. The van der Waals surface area contributed by atoms with Gasteiger partial charge in [0, 0.05) is 37.0 Å². The van der Waals surface area contributed by atoms with Crippen molar-refractivity contribution in [3.05, 3.63) is 94.5 Å². The number of hydrogen-bond acceptors (Lipinski definition) is 6. The Morgan fingerprint density at radius 2 is 1.90 bits per heavy atom. The van der Waals surface area contributed by atoms with Crippen LogP contribution in [0.5, 0.6) is 0 Å². The molecule has 3 N–H and O–H groups in total. The molecule has 5 rings (SSSR count). The molecule has 0 aromatic heterocycles. The largest absolute Gasteiger partial charge is 0.507 e. The summed E-state index contributed by atoms with van der Waals surface area (Å²) in [6.07, 6.45) is 0.631. The molecule has 1 spiro atoms. The Morgan fingerprint density at radius 3 is 2.56 bits per heavy atom. The molecule has 1 atom stereocenters. The number of aliphatic hydroxyl groups excluding tert-OH is 2. The molecule has 10 heteroatoms. The normalized spacial score (nSPS) is 24.6. The Hall–Kier alpha value is -3.76. The molecule has 0 radical (unpaired) electrons. The van der Waals surface area contributed by atoms with Crippen molar-refractivity contribution in [1.82, 2.24) is 15.1 Å². The second-order valence-corrected chi connectivity index (χ2v) is 10.6. The minimum atomic E-state index is -1.74. The van der Waals surface area contributed by atoms with Crippen molar-refractivity contribution in [3.63, 3.8) is 0 Å². The molecular formula is C29H31F2N3O5. The van der Waals surface area contributed by atoms with E-state index >= 15 is 0 Å². The lowest BCUT2D eigenvalue weighted by Crippen LogP contribution is -2.70. The minimum Gasteiger partial charge on any atom is -0.507 e. The summed E-state index contributed by atoms with van der Waals surface area (Å²) in [4.78, 5) is 29.7. The second-order valence-electron chi connectivity index (χ2n) is 10.6. The van der Waals surface area contributed by atoms with Gasteiger partial charge in [0.1, 0.15) is 23.4 Å². The van der Waals surface area contributed by atoms with E-state index < -0.39 is 40.9 Å². The highest BCUT2D eigenvalue weighted by Crippen LogP contribution is 2.48. The van der Waals surface area contributed by atoms with Crippen LogP contribution in [0.15, 0.2) is 71.8 Å². The third kappa shape index (κ3) is 5.02. The highest BCUT2D eigenvalue weighted by Gasteiger charge is 2.57. The quantitative estimate of drug-likeness (QED) is 0.499. The van der Waals surface area contributed by atoms with E-state index in [1.54, 1.807) is 9.80 Å². The van der Waals surface area contributed by atoms with Crippen LogP contribution in [0.25, 0.3) is 0 Å². The highest BCUT2D eigenvalue weighted by molar-refractivity contribution is 5.99. The van der Waals surface area contributed by atoms with Gasteiger partial charge in [-0.15, -0.1) is 0 Å². The second kappa shape index (κ2) is 10.4. The number of nitrogens with one attached hydrogen (secondary N) is 1. The lowest BCUT2D eigenvalue weighted by Gasteiger charge is -2.60. The van der Waals surface area contributed by atoms with Crippen molar-refractivity contribution in [2.24, 2.45) is 0 Å². The molecule has 206 valence electrons. The van der Waals surface area contributed by atoms with Gasteiger partial charge in [-0.1, -0.05) is 36.4 Å². The number of aliphatic hydroxyl groups is 2. The van der Waals surface area contributed by atoms with Crippen LogP contribution in [0.2, 0.25) is 0 Å². The SMILES string of the molecule is CC(C)N1CC2(CC(OCc3ccccc3)C2)N2C=C(C(=O)NCc3ccc(F)cc3F)C(O)C(O)=C2C1=O. The van der Waals surface area contributed by atoms with Crippen LogP contribution < -0.4 is 5.32 Å². The Labute approximate surface area is 225 Å². The van der Waals surface area contributed by atoms with Gasteiger partial charge in [0.2, 0.25) is 0 Å². The molecule has 2 heterocycles. The maximum absolute atomic E-state index is 14.0. The molecule has 8 nitrogen and oxygen atoms in total. The first-order valence-electron chi connectivity index (χ1n) is 12.9. The first-order chi connectivity index (χ1) is 18.6. The molecule has 1 aliphatic carbocycles. The van der Waals surface area contributed by atoms with Crippen molar-refractivity contribution < 1.29 is 33.3 Å². The summed E-state index contributed by atoms with van der Waals surface area (Å²) in [6.45, 7) is 4.29. The van der Waals surface area contributed by atoms with Crippen LogP contribution >= 0.6 is 0 Å². The summed E-state index contributed by atoms with van der Waals surface area (Å²) in [5.41, 5.74) is 0.211. The first kappa shape index (κ1) is 26.8. The molecular weight excluding hydrogens is 508 g/mol. The fraction of sp³-hybridized carbons (Fsp3) is 0.379. The van der Waals surface area contributed by atoms with Crippen molar-refractivity contribution >= 4 is 11.8 Å². The fourth-order valence-corrected chi connectivity index (χ4v) is 5.42. The number of carbonyl (C=O) groups is 2. The number of fused-ring (bicyclic) bond motifs is 2. The zero-order chi connectivity index (χ0) is 27.9. The number of halogens is 2. The van der Waals surface area contributed by atoms with Gasteiger partial charge in [-0.3, -0.25) is 9.59 Å². The predicted molar refractivity (Wildman–Crippen MR) is 138 cm³/mol. The van der Waals surface area contributed by atoms with E-state index in [1.807, 2.05) is 44.2 Å². The monoisotopic (exact) mass is 539 g/mol. The maximum atomic E-state index is 14.0. The summed E-state index contributed by atoms with van der Waals surface area (Å²) < 4.78 is 33.4. The number of rotatable bonds is 7. The summed E-state index contributed by atoms with van der Waals surface area (Å²) in [6, 6.07) is 12.6. The average Bonchev–Trinajstić information content (AvgIpc) is 2.88. The van der Waals surface area contributed by atoms with Crippen molar-refractivity contribution in [3.8, 4) is 0 Å². The van der Waals surface area contributed by atoms with E-state index in [0.717, 1.165) is 11.6 Å². The Morgan fingerprint density at radius 1 is 1.18 bits per heavy atom. The summed E-state index contributed by atoms with van der Waals surface area (Å²) in [7, 11) is 0. The summed E-state index contributed by atoms with van der Waals surface area (Å²) in [5.74, 6) is -3.35. The molecule has 1 unspecified atom stereocenters. The van der Waals surface area contributed by atoms with E-state index in [2.05, 4.69) is 5.32 Å². The molecule has 39 heavy (non-hydrogen) atoms. The van der Waals surface area contributed by atoms with Gasteiger partial charge in [-0.2, -0.15) is 0 Å². The number of piperazine rings is 1. The smallest absolute Gasteiger partial charge is 0.274 e. The summed E-state index contributed by atoms with van der Waals surface area (Å²) >= 11 is 0. The van der Waals surface area contributed by atoms with Gasteiger partial charge >= 0.3 is 0 Å². The van der Waals surface area contributed by atoms with Gasteiger partial charge < -0.3 is 30.1 Å². The van der Waals surface area contributed by atoms with Crippen molar-refractivity contribution in [1.29, 1.82) is 0 Å². The molecule has 1 saturated carbocycles. The van der Waals surface area contributed by atoms with Crippen molar-refractivity contribution in [2.75, 3.05) is 6.54 Å².